The Morgan fingerprint density at radius 2 is 1.89 bits per heavy atom. The van der Waals surface area contributed by atoms with Gasteiger partial charge >= 0.3 is 0 Å². The van der Waals surface area contributed by atoms with E-state index in [1.807, 2.05) is 25.1 Å². The van der Waals surface area contributed by atoms with E-state index in [9.17, 15) is 8.60 Å². The molecule has 0 bridgehead atoms. The second kappa shape index (κ2) is 5.77. The van der Waals surface area contributed by atoms with Gasteiger partial charge in [-0.25, -0.2) is 4.39 Å². The molecule has 0 fully saturated rings. The zero-order valence-corrected chi connectivity index (χ0v) is 11.2. The topological polar surface area (TPSA) is 40.9 Å². The lowest BCUT2D eigenvalue weighted by Crippen LogP contribution is -1.98. The van der Waals surface area contributed by atoms with E-state index in [-0.39, 0.29) is 11.3 Å². The molecule has 2 aromatic carbocycles. The molecule has 2 nitrogen and oxygen atoms in total. The lowest BCUT2D eigenvalue weighted by atomic mass is 10.1. The monoisotopic (exact) mass is 273 g/mol. The van der Waals surface area contributed by atoms with E-state index in [0.717, 1.165) is 11.6 Å². The van der Waals surface area contributed by atoms with E-state index in [0.29, 0.717) is 10.5 Å². The van der Waals surface area contributed by atoms with Gasteiger partial charge in [-0.15, -0.1) is 0 Å². The molecular formula is C15H12FNOS. The van der Waals surface area contributed by atoms with Crippen molar-refractivity contribution in [3.8, 4) is 6.07 Å². The molecule has 1 unspecified atom stereocenters. The Hall–Kier alpha value is -1.99. The highest BCUT2D eigenvalue weighted by Gasteiger charge is 2.07. The van der Waals surface area contributed by atoms with Crippen molar-refractivity contribution in [1.82, 2.24) is 0 Å². The Balaban J connectivity index is 2.22. The normalized spacial score (nSPS) is 11.8. The quantitative estimate of drug-likeness (QED) is 0.860. The number of benzene rings is 2. The number of halogens is 1. The lowest BCUT2D eigenvalue weighted by Gasteiger charge is -2.04. The van der Waals surface area contributed by atoms with Crippen molar-refractivity contribution >= 4 is 10.8 Å². The van der Waals surface area contributed by atoms with Crippen molar-refractivity contribution in [2.24, 2.45) is 0 Å². The molecule has 19 heavy (non-hydrogen) atoms. The van der Waals surface area contributed by atoms with Crippen LogP contribution in [0.25, 0.3) is 0 Å². The Kier molecular flexibility index (Phi) is 4.08. The molecule has 0 spiro atoms. The van der Waals surface area contributed by atoms with Gasteiger partial charge < -0.3 is 0 Å². The maximum absolute atomic E-state index is 13.3. The van der Waals surface area contributed by atoms with E-state index in [1.54, 1.807) is 18.2 Å². The minimum Gasteiger partial charge on any atom is -0.254 e. The fourth-order valence-electron chi connectivity index (χ4n) is 1.72. The summed E-state index contributed by atoms with van der Waals surface area (Å²) in [6.07, 6.45) is 0. The molecule has 4 heteroatoms. The molecule has 0 amide bonds. The van der Waals surface area contributed by atoms with Crippen LogP contribution in [0.15, 0.2) is 47.4 Å². The van der Waals surface area contributed by atoms with Crippen LogP contribution in [-0.4, -0.2) is 4.21 Å². The smallest absolute Gasteiger partial charge is 0.124 e. The van der Waals surface area contributed by atoms with E-state index >= 15 is 0 Å². The van der Waals surface area contributed by atoms with Crippen molar-refractivity contribution in [3.05, 3.63) is 65.0 Å². The first-order chi connectivity index (χ1) is 9.08. The lowest BCUT2D eigenvalue weighted by molar-refractivity contribution is 0.625. The minimum absolute atomic E-state index is 0.204. The largest absolute Gasteiger partial charge is 0.254 e. The summed E-state index contributed by atoms with van der Waals surface area (Å²) in [7, 11) is -1.24. The molecule has 0 heterocycles. The van der Waals surface area contributed by atoms with Crippen molar-refractivity contribution in [3.63, 3.8) is 0 Å². The van der Waals surface area contributed by atoms with Crippen LogP contribution in [0.4, 0.5) is 4.39 Å². The Bertz CT molecular complexity index is 659. The third-order valence-corrected chi connectivity index (χ3v) is 4.06. The average Bonchev–Trinajstić information content (AvgIpc) is 2.38. The van der Waals surface area contributed by atoms with E-state index < -0.39 is 16.6 Å². The summed E-state index contributed by atoms with van der Waals surface area (Å²) < 4.78 is 25.4. The van der Waals surface area contributed by atoms with Gasteiger partial charge in [-0.1, -0.05) is 17.7 Å². The summed E-state index contributed by atoms with van der Waals surface area (Å²) in [4.78, 5) is 0.702. The first-order valence-corrected chi connectivity index (χ1v) is 7.05. The maximum atomic E-state index is 13.3. The van der Waals surface area contributed by atoms with Gasteiger partial charge in [0.2, 0.25) is 0 Å². The third-order valence-electron chi connectivity index (χ3n) is 2.67. The zero-order chi connectivity index (χ0) is 13.8. The molecule has 2 rings (SSSR count). The number of nitrogens with zero attached hydrogens (tertiary/aromatic N) is 1. The fourth-order valence-corrected chi connectivity index (χ4v) is 2.80. The Morgan fingerprint density at radius 3 is 2.53 bits per heavy atom. The highest BCUT2D eigenvalue weighted by Crippen LogP contribution is 2.15. The van der Waals surface area contributed by atoms with Crippen molar-refractivity contribution in [1.29, 1.82) is 5.26 Å². The van der Waals surface area contributed by atoms with Crippen LogP contribution in [0.5, 0.6) is 0 Å². The van der Waals surface area contributed by atoms with Crippen molar-refractivity contribution < 1.29 is 8.60 Å². The molecule has 0 aromatic heterocycles. The average molecular weight is 273 g/mol. The number of aryl methyl sites for hydroxylation is 1. The molecule has 0 saturated heterocycles. The molecule has 0 N–H and O–H groups in total. The highest BCUT2D eigenvalue weighted by molar-refractivity contribution is 7.84. The van der Waals surface area contributed by atoms with Gasteiger partial charge in [0.15, 0.2) is 0 Å². The first kappa shape index (κ1) is 13.4. The standard InChI is InChI=1S/C15H12FNOS/c1-11-2-4-15(5-3-11)19(18)10-13-6-12(9-17)7-14(16)8-13/h2-8H,10H2,1H3. The van der Waals surface area contributed by atoms with Crippen LogP contribution < -0.4 is 0 Å². The van der Waals surface area contributed by atoms with Gasteiger partial charge in [-0.3, -0.25) is 4.21 Å². The van der Waals surface area contributed by atoms with Crippen LogP contribution in [0.2, 0.25) is 0 Å². The summed E-state index contributed by atoms with van der Waals surface area (Å²) in [5.74, 6) is -0.273. The van der Waals surface area contributed by atoms with Crippen molar-refractivity contribution in [2.75, 3.05) is 0 Å². The van der Waals surface area contributed by atoms with Gasteiger partial charge in [0, 0.05) is 4.90 Å². The predicted molar refractivity (Wildman–Crippen MR) is 72.4 cm³/mol. The Morgan fingerprint density at radius 1 is 1.21 bits per heavy atom. The fraction of sp³-hybridized carbons (Fsp3) is 0.133. The minimum atomic E-state index is -1.24. The van der Waals surface area contributed by atoms with Crippen LogP contribution in [0, 0.1) is 24.1 Å². The molecule has 0 aliphatic carbocycles. The highest BCUT2D eigenvalue weighted by atomic mass is 32.2. The van der Waals surface area contributed by atoms with E-state index in [2.05, 4.69) is 0 Å². The van der Waals surface area contributed by atoms with Gasteiger partial charge in [0.1, 0.15) is 5.82 Å². The van der Waals surface area contributed by atoms with E-state index in [1.165, 1.54) is 6.07 Å². The van der Waals surface area contributed by atoms with Crippen LogP contribution in [0.3, 0.4) is 0 Å². The molecule has 0 radical (unpaired) electrons. The van der Waals surface area contributed by atoms with Gasteiger partial charge in [0.05, 0.1) is 28.2 Å². The maximum Gasteiger partial charge on any atom is 0.124 e. The number of hydrogen-bond acceptors (Lipinski definition) is 2. The van der Waals surface area contributed by atoms with Gasteiger partial charge in [-0.05, 0) is 42.8 Å². The van der Waals surface area contributed by atoms with Crippen LogP contribution in [0.1, 0.15) is 16.7 Å². The molecule has 0 aliphatic heterocycles. The Labute approximate surface area is 114 Å². The molecule has 1 atom stereocenters. The SMILES string of the molecule is Cc1ccc(S(=O)Cc2cc(F)cc(C#N)c2)cc1. The summed E-state index contributed by atoms with van der Waals surface area (Å²) in [5, 5.41) is 8.78. The second-order valence-electron chi connectivity index (χ2n) is 4.26. The van der Waals surface area contributed by atoms with Crippen LogP contribution in [-0.2, 0) is 16.6 Å². The molecule has 0 aliphatic rings. The van der Waals surface area contributed by atoms with E-state index in [4.69, 9.17) is 5.26 Å². The van der Waals surface area contributed by atoms with Crippen LogP contribution >= 0.6 is 0 Å². The third kappa shape index (κ3) is 3.49. The number of rotatable bonds is 3. The van der Waals surface area contributed by atoms with Gasteiger partial charge in [-0.2, -0.15) is 5.26 Å². The zero-order valence-electron chi connectivity index (χ0n) is 10.4. The first-order valence-electron chi connectivity index (χ1n) is 5.73. The summed E-state index contributed by atoms with van der Waals surface area (Å²) in [6.45, 7) is 1.96. The molecule has 0 saturated carbocycles. The summed E-state index contributed by atoms with van der Waals surface area (Å²) in [5.41, 5.74) is 1.91. The summed E-state index contributed by atoms with van der Waals surface area (Å²) in [6, 6.07) is 13.3. The molecule has 96 valence electrons. The second-order valence-corrected chi connectivity index (χ2v) is 5.71. The number of nitriles is 1. The van der Waals surface area contributed by atoms with Gasteiger partial charge in [0.25, 0.3) is 0 Å². The molecule has 2 aromatic rings. The summed E-state index contributed by atoms with van der Waals surface area (Å²) >= 11 is 0. The van der Waals surface area contributed by atoms with Crippen molar-refractivity contribution in [2.45, 2.75) is 17.6 Å². The number of hydrogen-bond donors (Lipinski definition) is 0. The molecular weight excluding hydrogens is 261 g/mol. The predicted octanol–water partition coefficient (Wildman–Crippen LogP) is 3.31.